The highest BCUT2D eigenvalue weighted by Gasteiger charge is 2.44. The number of aliphatic imine (C=N–C) groups is 1. The van der Waals surface area contributed by atoms with Crippen molar-refractivity contribution in [1.29, 1.82) is 0 Å². The van der Waals surface area contributed by atoms with Gasteiger partial charge in [-0.05, 0) is 30.3 Å². The van der Waals surface area contributed by atoms with Gasteiger partial charge in [0.25, 0.3) is 5.91 Å². The first-order chi connectivity index (χ1) is 15.3. The van der Waals surface area contributed by atoms with Crippen LogP contribution < -0.4 is 15.8 Å². The summed E-state index contributed by atoms with van der Waals surface area (Å²) in [7, 11) is -2.85. The Labute approximate surface area is 185 Å². The van der Waals surface area contributed by atoms with E-state index in [1.54, 1.807) is 0 Å². The van der Waals surface area contributed by atoms with Crippen LogP contribution in [0.2, 0.25) is 0 Å². The molecule has 1 atom stereocenters. The van der Waals surface area contributed by atoms with Crippen LogP contribution in [0.4, 0.5) is 23.2 Å². The van der Waals surface area contributed by atoms with Gasteiger partial charge in [0.1, 0.15) is 23.0 Å². The summed E-state index contributed by atoms with van der Waals surface area (Å²) in [6, 6.07) is 5.07. The molecule has 0 saturated carbocycles. The number of carbonyl (C=O) groups is 1. The molecule has 3 rings (SSSR count). The molecule has 0 aliphatic carbocycles. The number of carbonyl (C=O) groups excluding carboxylic acids is 1. The number of alkyl halides is 3. The summed E-state index contributed by atoms with van der Waals surface area (Å²) >= 11 is 0. The summed E-state index contributed by atoms with van der Waals surface area (Å²) in [5, 5.41) is 2.38. The van der Waals surface area contributed by atoms with Crippen LogP contribution in [0.15, 0.2) is 41.5 Å². The van der Waals surface area contributed by atoms with Gasteiger partial charge in [-0.3, -0.25) is 4.79 Å². The smallest absolute Gasteiger partial charge is 0.404 e. The van der Waals surface area contributed by atoms with E-state index >= 15 is 0 Å². The van der Waals surface area contributed by atoms with E-state index in [-0.39, 0.29) is 16.9 Å². The number of rotatable bonds is 4. The number of hydrogen-bond donors (Lipinski definition) is 2. The Kier molecular flexibility index (Phi) is 5.95. The SMILES string of the molecule is C#C[C@@]1(c2cc(NC(=O)c3ccc(OC(F)(F)F)cn3)ccc2F)CS(=O)(=O)N(C)C(N)=N1. The molecule has 1 aliphatic rings. The normalized spacial score (nSPS) is 19.9. The standard InChI is InChI=1S/C19H15F4N5O4S/c1-3-18(10-33(30,31)28(2)17(24)27-18)13-8-11(4-6-14(13)20)26-16(29)15-7-5-12(9-25-15)32-19(21,22)23/h1,4-9H,10H2,2H3,(H2,24,27)(H,26,29)/t18-/m0/s1. The van der Waals surface area contributed by atoms with Crippen molar-refractivity contribution in [3.63, 3.8) is 0 Å². The number of aromatic nitrogens is 1. The molecule has 33 heavy (non-hydrogen) atoms. The number of ether oxygens (including phenoxy) is 1. The molecule has 0 saturated heterocycles. The molecular formula is C19H15F4N5O4S. The average molecular weight is 485 g/mol. The molecule has 14 heteroatoms. The molecule has 1 aliphatic heterocycles. The molecule has 0 fully saturated rings. The van der Waals surface area contributed by atoms with Crippen LogP contribution in [-0.4, -0.2) is 48.7 Å². The summed E-state index contributed by atoms with van der Waals surface area (Å²) in [5.74, 6) is -1.41. The number of halogens is 4. The van der Waals surface area contributed by atoms with Crippen LogP contribution >= 0.6 is 0 Å². The van der Waals surface area contributed by atoms with Crippen LogP contribution in [-0.2, 0) is 15.6 Å². The highest BCUT2D eigenvalue weighted by Crippen LogP contribution is 2.35. The third-order valence-electron chi connectivity index (χ3n) is 4.55. The minimum absolute atomic E-state index is 0.00598. The van der Waals surface area contributed by atoms with Gasteiger partial charge in [-0.15, -0.1) is 19.6 Å². The molecule has 0 spiro atoms. The highest BCUT2D eigenvalue weighted by atomic mass is 32.2. The largest absolute Gasteiger partial charge is 0.573 e. The van der Waals surface area contributed by atoms with Crippen LogP contribution in [0.5, 0.6) is 5.75 Å². The van der Waals surface area contributed by atoms with Crippen molar-refractivity contribution in [2.45, 2.75) is 11.9 Å². The number of hydrogen-bond acceptors (Lipinski definition) is 7. The Morgan fingerprint density at radius 1 is 1.33 bits per heavy atom. The molecule has 3 N–H and O–H groups in total. The van der Waals surface area contributed by atoms with Crippen molar-refractivity contribution in [3.8, 4) is 18.1 Å². The second-order valence-corrected chi connectivity index (χ2v) is 8.77. The van der Waals surface area contributed by atoms with Crippen molar-refractivity contribution in [2.24, 2.45) is 10.7 Å². The molecule has 0 bridgehead atoms. The van der Waals surface area contributed by atoms with Gasteiger partial charge < -0.3 is 15.8 Å². The summed E-state index contributed by atoms with van der Waals surface area (Å²) in [6.45, 7) is 0. The average Bonchev–Trinajstić information content (AvgIpc) is 2.72. The van der Waals surface area contributed by atoms with Crippen LogP contribution in [0.1, 0.15) is 16.1 Å². The van der Waals surface area contributed by atoms with E-state index in [4.69, 9.17) is 12.2 Å². The third-order valence-corrected chi connectivity index (χ3v) is 6.35. The summed E-state index contributed by atoms with van der Waals surface area (Å²) in [6.07, 6.45) is 1.30. The topological polar surface area (TPSA) is 127 Å². The molecule has 9 nitrogen and oxygen atoms in total. The Balaban J connectivity index is 1.91. The van der Waals surface area contributed by atoms with Gasteiger partial charge in [0.2, 0.25) is 16.0 Å². The van der Waals surface area contributed by atoms with E-state index in [0.717, 1.165) is 24.3 Å². The first-order valence-electron chi connectivity index (χ1n) is 8.89. The number of nitrogens with one attached hydrogen (secondary N) is 1. The molecule has 174 valence electrons. The van der Waals surface area contributed by atoms with Gasteiger partial charge in [0, 0.05) is 18.3 Å². The maximum Gasteiger partial charge on any atom is 0.573 e. The molecule has 2 heterocycles. The Bertz CT molecular complexity index is 1270. The number of pyridine rings is 1. The van der Waals surface area contributed by atoms with Crippen LogP contribution in [0.3, 0.4) is 0 Å². The molecule has 1 aromatic heterocycles. The molecule has 2 aromatic rings. The number of sulfonamides is 1. The molecule has 1 aromatic carbocycles. The zero-order valence-corrected chi connectivity index (χ0v) is 17.5. The molecule has 0 unspecified atom stereocenters. The molecule has 0 radical (unpaired) electrons. The number of guanidine groups is 1. The number of anilines is 1. The lowest BCUT2D eigenvalue weighted by atomic mass is 9.92. The van der Waals surface area contributed by atoms with E-state index in [9.17, 15) is 30.8 Å². The molecule has 1 amide bonds. The van der Waals surface area contributed by atoms with Crippen LogP contribution in [0.25, 0.3) is 0 Å². The summed E-state index contributed by atoms with van der Waals surface area (Å²) < 4.78 is 80.6. The fourth-order valence-electron chi connectivity index (χ4n) is 2.91. The lowest BCUT2D eigenvalue weighted by molar-refractivity contribution is -0.274. The second-order valence-electron chi connectivity index (χ2n) is 6.77. The fraction of sp³-hybridized carbons (Fsp3) is 0.211. The number of benzene rings is 1. The monoisotopic (exact) mass is 485 g/mol. The Morgan fingerprint density at radius 2 is 2.03 bits per heavy atom. The molecular weight excluding hydrogens is 470 g/mol. The van der Waals surface area contributed by atoms with Crippen molar-refractivity contribution < 1.29 is 35.5 Å². The quantitative estimate of drug-likeness (QED) is 0.502. The van der Waals surface area contributed by atoms with Crippen LogP contribution in [0, 0.1) is 18.2 Å². The fourth-order valence-corrected chi connectivity index (χ4v) is 4.27. The van der Waals surface area contributed by atoms with Gasteiger partial charge in [0.05, 0.1) is 6.20 Å². The minimum atomic E-state index is -4.92. The van der Waals surface area contributed by atoms with E-state index in [1.807, 2.05) is 0 Å². The van der Waals surface area contributed by atoms with Crippen molar-refractivity contribution >= 4 is 27.6 Å². The number of amides is 1. The lowest BCUT2D eigenvalue weighted by Gasteiger charge is -2.33. The van der Waals surface area contributed by atoms with Gasteiger partial charge in [-0.2, -0.15) is 0 Å². The third kappa shape index (κ3) is 4.98. The van der Waals surface area contributed by atoms with Crippen molar-refractivity contribution in [2.75, 3.05) is 18.1 Å². The van der Waals surface area contributed by atoms with Gasteiger partial charge in [-0.25, -0.2) is 27.1 Å². The zero-order valence-electron chi connectivity index (χ0n) is 16.7. The predicted molar refractivity (Wildman–Crippen MR) is 109 cm³/mol. The highest BCUT2D eigenvalue weighted by molar-refractivity contribution is 7.89. The number of nitrogens with zero attached hydrogens (tertiary/aromatic N) is 3. The number of terminal acetylenes is 1. The summed E-state index contributed by atoms with van der Waals surface area (Å²) in [4.78, 5) is 20.0. The van der Waals surface area contributed by atoms with E-state index < -0.39 is 51.1 Å². The van der Waals surface area contributed by atoms with E-state index in [2.05, 4.69) is 26.0 Å². The van der Waals surface area contributed by atoms with E-state index in [1.165, 1.54) is 13.1 Å². The van der Waals surface area contributed by atoms with Gasteiger partial charge in [0.15, 0.2) is 5.54 Å². The Hall–Kier alpha value is -3.86. The minimum Gasteiger partial charge on any atom is -0.404 e. The van der Waals surface area contributed by atoms with Gasteiger partial charge in [-0.1, -0.05) is 5.92 Å². The lowest BCUT2D eigenvalue weighted by Crippen LogP contribution is -2.51. The van der Waals surface area contributed by atoms with Gasteiger partial charge >= 0.3 is 6.36 Å². The summed E-state index contributed by atoms with van der Waals surface area (Å²) in [5.41, 5.74) is 3.06. The zero-order chi connectivity index (χ0) is 24.6. The van der Waals surface area contributed by atoms with E-state index in [0.29, 0.717) is 10.5 Å². The maximum atomic E-state index is 14.7. The predicted octanol–water partition coefficient (Wildman–Crippen LogP) is 1.79. The Morgan fingerprint density at radius 3 is 2.58 bits per heavy atom. The first-order valence-corrected chi connectivity index (χ1v) is 10.5. The van der Waals surface area contributed by atoms with Crippen molar-refractivity contribution in [1.82, 2.24) is 9.29 Å². The first kappa shape index (κ1) is 23.8. The number of nitrogens with two attached hydrogens (primary N) is 1. The second kappa shape index (κ2) is 8.24. The van der Waals surface area contributed by atoms with Crippen molar-refractivity contribution in [3.05, 3.63) is 53.6 Å². The maximum absolute atomic E-state index is 14.7.